The number of likely N-dealkylation sites (tertiary alicyclic amines) is 1. The summed E-state index contributed by atoms with van der Waals surface area (Å²) in [6.45, 7) is 10.8. The molecule has 0 aromatic carbocycles. The van der Waals surface area contributed by atoms with Gasteiger partial charge in [0.1, 0.15) is 0 Å². The highest BCUT2D eigenvalue weighted by atomic mass is 35.5. The normalized spacial score (nSPS) is 27.0. The molecule has 4 nitrogen and oxygen atoms in total. The van der Waals surface area contributed by atoms with Gasteiger partial charge in [0.25, 0.3) is 0 Å². The van der Waals surface area contributed by atoms with Gasteiger partial charge in [-0.05, 0) is 53.0 Å². The summed E-state index contributed by atoms with van der Waals surface area (Å²) in [4.78, 5) is 17.4. The number of carbonyl (C=O) groups is 1. The van der Waals surface area contributed by atoms with Crippen LogP contribution in [0.2, 0.25) is 0 Å². The van der Waals surface area contributed by atoms with Crippen molar-refractivity contribution in [2.75, 3.05) is 33.2 Å². The number of hydrogen-bond donors (Lipinski definition) is 1. The molecule has 0 radical (unpaired) electrons. The predicted molar refractivity (Wildman–Crippen MR) is 97.2 cm³/mol. The number of hydrogen-bond acceptors (Lipinski definition) is 3. The van der Waals surface area contributed by atoms with Crippen LogP contribution in [-0.2, 0) is 4.79 Å². The van der Waals surface area contributed by atoms with E-state index in [1.165, 1.54) is 0 Å². The first-order valence-corrected chi connectivity index (χ1v) is 8.16. The summed E-state index contributed by atoms with van der Waals surface area (Å²) >= 11 is 0. The second-order valence-electron chi connectivity index (χ2n) is 7.12. The SMILES string of the molecule is CC(C)N1CCC(N(C)C(=O)C2(C)CCCNC2)CC1.Cl.Cl. The Labute approximate surface area is 148 Å². The van der Waals surface area contributed by atoms with E-state index in [0.29, 0.717) is 18.0 Å². The average molecular weight is 354 g/mol. The molecule has 132 valence electrons. The van der Waals surface area contributed by atoms with Crippen molar-refractivity contribution in [1.29, 1.82) is 0 Å². The summed E-state index contributed by atoms with van der Waals surface area (Å²) < 4.78 is 0. The topological polar surface area (TPSA) is 35.6 Å². The molecule has 1 N–H and O–H groups in total. The fourth-order valence-corrected chi connectivity index (χ4v) is 3.62. The van der Waals surface area contributed by atoms with E-state index < -0.39 is 0 Å². The van der Waals surface area contributed by atoms with Crippen LogP contribution in [0.5, 0.6) is 0 Å². The molecule has 2 rings (SSSR count). The van der Waals surface area contributed by atoms with Gasteiger partial charge in [-0.3, -0.25) is 4.79 Å². The molecule has 6 heteroatoms. The number of nitrogens with one attached hydrogen (secondary N) is 1. The third kappa shape index (κ3) is 4.98. The van der Waals surface area contributed by atoms with Gasteiger partial charge in [0.05, 0.1) is 5.41 Å². The van der Waals surface area contributed by atoms with Gasteiger partial charge in [0.15, 0.2) is 0 Å². The number of piperidine rings is 2. The lowest BCUT2D eigenvalue weighted by atomic mass is 9.81. The standard InChI is InChI=1S/C16H31N3O.2ClH/c1-13(2)19-10-6-14(7-11-19)18(4)15(20)16(3)8-5-9-17-12-16;;/h13-14,17H,5-12H2,1-4H3;2*1H. The van der Waals surface area contributed by atoms with Crippen molar-refractivity contribution < 1.29 is 4.79 Å². The van der Waals surface area contributed by atoms with Crippen molar-refractivity contribution in [2.45, 2.75) is 58.5 Å². The van der Waals surface area contributed by atoms with Crippen molar-refractivity contribution >= 4 is 30.7 Å². The Morgan fingerprint density at radius 1 is 1.27 bits per heavy atom. The van der Waals surface area contributed by atoms with Crippen molar-refractivity contribution in [3.8, 4) is 0 Å². The van der Waals surface area contributed by atoms with Crippen LogP contribution in [0, 0.1) is 5.41 Å². The lowest BCUT2D eigenvalue weighted by Crippen LogP contribution is -2.54. The first-order valence-electron chi connectivity index (χ1n) is 8.16. The van der Waals surface area contributed by atoms with Gasteiger partial charge in [0, 0.05) is 38.8 Å². The third-order valence-electron chi connectivity index (χ3n) is 5.21. The zero-order valence-corrected chi connectivity index (χ0v) is 16.1. The fraction of sp³-hybridized carbons (Fsp3) is 0.938. The number of halogens is 2. The quantitative estimate of drug-likeness (QED) is 0.846. The Balaban J connectivity index is 0.00000220. The monoisotopic (exact) mass is 353 g/mol. The molecule has 0 saturated carbocycles. The number of nitrogens with zero attached hydrogens (tertiary/aromatic N) is 2. The molecule has 0 aromatic heterocycles. The van der Waals surface area contributed by atoms with E-state index in [1.54, 1.807) is 0 Å². The molecule has 2 heterocycles. The summed E-state index contributed by atoms with van der Waals surface area (Å²) in [5, 5.41) is 3.38. The van der Waals surface area contributed by atoms with Gasteiger partial charge in [-0.1, -0.05) is 0 Å². The van der Waals surface area contributed by atoms with E-state index in [0.717, 1.165) is 51.9 Å². The first-order chi connectivity index (χ1) is 9.44. The third-order valence-corrected chi connectivity index (χ3v) is 5.21. The number of carbonyl (C=O) groups excluding carboxylic acids is 1. The molecule has 2 fully saturated rings. The van der Waals surface area contributed by atoms with Crippen LogP contribution in [0.1, 0.15) is 46.5 Å². The molecular weight excluding hydrogens is 321 g/mol. The van der Waals surface area contributed by atoms with E-state index in [-0.39, 0.29) is 30.2 Å². The number of amides is 1. The van der Waals surface area contributed by atoms with Crippen LogP contribution in [0.25, 0.3) is 0 Å². The highest BCUT2D eigenvalue weighted by Gasteiger charge is 2.39. The molecule has 0 bridgehead atoms. The van der Waals surface area contributed by atoms with Crippen LogP contribution in [0.4, 0.5) is 0 Å². The van der Waals surface area contributed by atoms with Crippen LogP contribution in [-0.4, -0.2) is 61.0 Å². The molecule has 0 aliphatic carbocycles. The highest BCUT2D eigenvalue weighted by Crippen LogP contribution is 2.29. The van der Waals surface area contributed by atoms with Gasteiger partial charge in [-0.15, -0.1) is 24.8 Å². The maximum atomic E-state index is 12.8. The van der Waals surface area contributed by atoms with Crippen LogP contribution in [0.15, 0.2) is 0 Å². The van der Waals surface area contributed by atoms with Crippen LogP contribution < -0.4 is 5.32 Å². The summed E-state index contributed by atoms with van der Waals surface area (Å²) in [6, 6.07) is 1.05. The Bertz CT molecular complexity index is 338. The van der Waals surface area contributed by atoms with Crippen molar-refractivity contribution in [2.24, 2.45) is 5.41 Å². The van der Waals surface area contributed by atoms with Gasteiger partial charge in [-0.25, -0.2) is 0 Å². The van der Waals surface area contributed by atoms with E-state index in [2.05, 4.69) is 31.0 Å². The molecule has 22 heavy (non-hydrogen) atoms. The van der Waals surface area contributed by atoms with E-state index in [1.807, 2.05) is 11.9 Å². The van der Waals surface area contributed by atoms with Crippen molar-refractivity contribution in [3.05, 3.63) is 0 Å². The fourth-order valence-electron chi connectivity index (χ4n) is 3.62. The van der Waals surface area contributed by atoms with Crippen LogP contribution in [0.3, 0.4) is 0 Å². The van der Waals surface area contributed by atoms with Gasteiger partial charge < -0.3 is 15.1 Å². The minimum Gasteiger partial charge on any atom is -0.342 e. The van der Waals surface area contributed by atoms with E-state index >= 15 is 0 Å². The zero-order chi connectivity index (χ0) is 14.8. The van der Waals surface area contributed by atoms with E-state index in [9.17, 15) is 4.79 Å². The Hall–Kier alpha value is -0.0300. The molecule has 1 amide bonds. The molecule has 2 aliphatic heterocycles. The zero-order valence-electron chi connectivity index (χ0n) is 14.4. The summed E-state index contributed by atoms with van der Waals surface area (Å²) in [5.41, 5.74) is -0.192. The summed E-state index contributed by atoms with van der Waals surface area (Å²) in [6.07, 6.45) is 4.36. The lowest BCUT2D eigenvalue weighted by Gasteiger charge is -2.42. The summed E-state index contributed by atoms with van der Waals surface area (Å²) in [7, 11) is 2.01. The maximum absolute atomic E-state index is 12.8. The highest BCUT2D eigenvalue weighted by molar-refractivity contribution is 5.85. The van der Waals surface area contributed by atoms with Crippen LogP contribution >= 0.6 is 24.8 Å². The second-order valence-corrected chi connectivity index (χ2v) is 7.12. The molecule has 1 unspecified atom stereocenters. The minimum absolute atomic E-state index is 0. The Kier molecular flexibility index (Phi) is 9.30. The largest absolute Gasteiger partial charge is 0.342 e. The maximum Gasteiger partial charge on any atom is 0.229 e. The average Bonchev–Trinajstić information content (AvgIpc) is 2.46. The number of rotatable bonds is 3. The minimum atomic E-state index is -0.192. The first kappa shape index (κ1) is 22.0. The van der Waals surface area contributed by atoms with Gasteiger partial charge >= 0.3 is 0 Å². The molecule has 2 aliphatic rings. The lowest BCUT2D eigenvalue weighted by molar-refractivity contribution is -0.144. The Morgan fingerprint density at radius 2 is 1.86 bits per heavy atom. The van der Waals surface area contributed by atoms with Gasteiger partial charge in [0.2, 0.25) is 5.91 Å². The smallest absolute Gasteiger partial charge is 0.229 e. The second kappa shape index (κ2) is 9.31. The Morgan fingerprint density at radius 3 is 2.32 bits per heavy atom. The van der Waals surface area contributed by atoms with E-state index in [4.69, 9.17) is 0 Å². The molecule has 1 atom stereocenters. The van der Waals surface area contributed by atoms with Gasteiger partial charge in [-0.2, -0.15) is 0 Å². The predicted octanol–water partition coefficient (Wildman–Crippen LogP) is 2.55. The summed E-state index contributed by atoms with van der Waals surface area (Å²) in [5.74, 6) is 0.340. The molecule has 0 aromatic rings. The van der Waals surface area contributed by atoms with Crippen molar-refractivity contribution in [1.82, 2.24) is 15.1 Å². The molecule has 0 spiro atoms. The molecule has 2 saturated heterocycles. The molecular formula is C16H33Cl2N3O. The van der Waals surface area contributed by atoms with Crippen molar-refractivity contribution in [3.63, 3.8) is 0 Å².